The number of rotatable bonds is 3. The van der Waals surface area contributed by atoms with E-state index in [4.69, 9.17) is 4.42 Å². The van der Waals surface area contributed by atoms with Crippen molar-refractivity contribution in [3.63, 3.8) is 0 Å². The van der Waals surface area contributed by atoms with Gasteiger partial charge in [-0.2, -0.15) is 0 Å². The smallest absolute Gasteiger partial charge is 0.300 e. The Morgan fingerprint density at radius 1 is 1.00 bits per heavy atom. The van der Waals surface area contributed by atoms with Gasteiger partial charge < -0.3 is 14.6 Å². The average molecular weight is 403 g/mol. The summed E-state index contributed by atoms with van der Waals surface area (Å²) in [6.45, 7) is 5.45. The van der Waals surface area contributed by atoms with Crippen LogP contribution in [0.15, 0.2) is 64.6 Å². The Kier molecular flexibility index (Phi) is 4.70. The van der Waals surface area contributed by atoms with E-state index in [1.165, 1.54) is 11.0 Å². The number of amides is 1. The zero-order valence-electron chi connectivity index (χ0n) is 16.8. The first-order valence-electron chi connectivity index (χ1n) is 9.52. The molecule has 0 saturated carbocycles. The minimum atomic E-state index is -1.01. The van der Waals surface area contributed by atoms with Crippen molar-refractivity contribution < 1.29 is 24.2 Å². The van der Waals surface area contributed by atoms with Crippen LogP contribution in [0.25, 0.3) is 5.76 Å². The Labute approximate surface area is 173 Å². The third kappa shape index (κ3) is 3.06. The van der Waals surface area contributed by atoms with E-state index in [0.717, 1.165) is 11.1 Å². The second kappa shape index (κ2) is 7.22. The van der Waals surface area contributed by atoms with Crippen LogP contribution in [0.1, 0.15) is 34.3 Å². The predicted octanol–water partition coefficient (Wildman–Crippen LogP) is 4.54. The minimum Gasteiger partial charge on any atom is -0.507 e. The molecule has 152 valence electrons. The van der Waals surface area contributed by atoms with E-state index in [2.05, 4.69) is 0 Å². The summed E-state index contributed by atoms with van der Waals surface area (Å²) in [5.74, 6) is -1.19. The van der Waals surface area contributed by atoms with Crippen LogP contribution < -0.4 is 4.90 Å². The van der Waals surface area contributed by atoms with Crippen molar-refractivity contribution in [2.45, 2.75) is 26.8 Å². The zero-order valence-corrected chi connectivity index (χ0v) is 16.8. The number of aliphatic hydroxyl groups is 1. The van der Waals surface area contributed by atoms with Crippen LogP contribution in [0.4, 0.5) is 5.69 Å². The molecular formula is C24H21NO5. The molecule has 3 aromatic rings. The number of aromatic hydroxyl groups is 1. The monoisotopic (exact) mass is 403 g/mol. The molecule has 6 heteroatoms. The summed E-state index contributed by atoms with van der Waals surface area (Å²) >= 11 is 0. The van der Waals surface area contributed by atoms with Gasteiger partial charge in [0, 0.05) is 5.56 Å². The number of ketones is 1. The standard InChI is InChI=1S/C24H21NO5/c1-13-8-9-14(2)16(12-13)22(27)20-21(19-11-10-15(3)30-19)25(24(29)23(20)28)17-6-4-5-7-18(17)26/h4-12,21,26-27H,1-3H3/b22-20+. The SMILES string of the molecule is Cc1ccc(C)c(/C(O)=C2\C(=O)C(=O)N(c3ccccc3O)C2c2ccc(C)o2)c1. The van der Waals surface area contributed by atoms with Gasteiger partial charge in [0.2, 0.25) is 0 Å². The van der Waals surface area contributed by atoms with Gasteiger partial charge in [0.25, 0.3) is 11.7 Å². The molecular weight excluding hydrogens is 382 g/mol. The number of carbonyl (C=O) groups is 2. The first-order valence-corrected chi connectivity index (χ1v) is 9.52. The molecule has 1 fully saturated rings. The van der Waals surface area contributed by atoms with Crippen molar-refractivity contribution in [3.8, 4) is 5.75 Å². The number of carbonyl (C=O) groups excluding carboxylic acids is 2. The second-order valence-corrected chi connectivity index (χ2v) is 7.42. The topological polar surface area (TPSA) is 91.0 Å². The fourth-order valence-electron chi connectivity index (χ4n) is 3.75. The van der Waals surface area contributed by atoms with E-state index in [9.17, 15) is 19.8 Å². The average Bonchev–Trinajstić information content (AvgIpc) is 3.25. The van der Waals surface area contributed by atoms with E-state index >= 15 is 0 Å². The summed E-state index contributed by atoms with van der Waals surface area (Å²) < 4.78 is 5.75. The Bertz CT molecular complexity index is 1200. The molecule has 1 saturated heterocycles. The summed E-state index contributed by atoms with van der Waals surface area (Å²) in [4.78, 5) is 27.3. The van der Waals surface area contributed by atoms with Gasteiger partial charge in [-0.25, -0.2) is 0 Å². The molecule has 4 rings (SSSR count). The van der Waals surface area contributed by atoms with Crippen molar-refractivity contribution in [2.24, 2.45) is 0 Å². The first kappa shape index (κ1) is 19.5. The number of hydrogen-bond acceptors (Lipinski definition) is 5. The molecule has 1 aliphatic rings. The Morgan fingerprint density at radius 3 is 2.40 bits per heavy atom. The number of anilines is 1. The molecule has 2 N–H and O–H groups in total. The molecule has 6 nitrogen and oxygen atoms in total. The maximum atomic E-state index is 13.1. The fourth-order valence-corrected chi connectivity index (χ4v) is 3.75. The van der Waals surface area contributed by atoms with Gasteiger partial charge in [-0.1, -0.05) is 29.8 Å². The summed E-state index contributed by atoms with van der Waals surface area (Å²) in [7, 11) is 0. The van der Waals surface area contributed by atoms with E-state index in [1.54, 1.807) is 43.3 Å². The van der Waals surface area contributed by atoms with Gasteiger partial charge in [-0.3, -0.25) is 14.5 Å². The van der Waals surface area contributed by atoms with Gasteiger partial charge in [0.05, 0.1) is 11.3 Å². The molecule has 2 heterocycles. The number of Topliss-reactive ketones (excluding diaryl/α,β-unsaturated/α-hetero) is 1. The first-order chi connectivity index (χ1) is 14.3. The summed E-state index contributed by atoms with van der Waals surface area (Å²) in [5.41, 5.74) is 2.23. The highest BCUT2D eigenvalue weighted by molar-refractivity contribution is 6.51. The Hall–Kier alpha value is -3.80. The Morgan fingerprint density at radius 2 is 1.73 bits per heavy atom. The molecule has 1 unspecified atom stereocenters. The Balaban J connectivity index is 2.00. The van der Waals surface area contributed by atoms with E-state index < -0.39 is 17.7 Å². The molecule has 0 bridgehead atoms. The molecule has 1 amide bonds. The van der Waals surface area contributed by atoms with E-state index in [1.807, 2.05) is 26.0 Å². The van der Waals surface area contributed by atoms with Crippen molar-refractivity contribution in [2.75, 3.05) is 4.90 Å². The normalized spacial score (nSPS) is 18.2. The quantitative estimate of drug-likeness (QED) is 0.381. The fraction of sp³-hybridized carbons (Fsp3) is 0.167. The molecule has 1 aliphatic heterocycles. The summed E-state index contributed by atoms with van der Waals surface area (Å²) in [6, 6.07) is 14.1. The van der Waals surface area contributed by atoms with Crippen LogP contribution in [0.5, 0.6) is 5.75 Å². The van der Waals surface area contributed by atoms with Gasteiger partial charge in [0.1, 0.15) is 29.1 Å². The van der Waals surface area contributed by atoms with Gasteiger partial charge in [-0.05, 0) is 56.7 Å². The number of phenolic OH excluding ortho intramolecular Hbond substituents is 1. The molecule has 2 aromatic carbocycles. The highest BCUT2D eigenvalue weighted by Gasteiger charge is 2.49. The second-order valence-electron chi connectivity index (χ2n) is 7.42. The molecule has 30 heavy (non-hydrogen) atoms. The van der Waals surface area contributed by atoms with E-state index in [0.29, 0.717) is 17.1 Å². The van der Waals surface area contributed by atoms with Crippen molar-refractivity contribution >= 4 is 23.1 Å². The van der Waals surface area contributed by atoms with Crippen LogP contribution in [0, 0.1) is 20.8 Å². The number of benzene rings is 2. The minimum absolute atomic E-state index is 0.0775. The molecule has 0 aliphatic carbocycles. The van der Waals surface area contributed by atoms with Gasteiger partial charge in [0.15, 0.2) is 0 Å². The van der Waals surface area contributed by atoms with Crippen LogP contribution in [-0.2, 0) is 9.59 Å². The largest absolute Gasteiger partial charge is 0.507 e. The van der Waals surface area contributed by atoms with Crippen molar-refractivity contribution in [1.29, 1.82) is 0 Å². The lowest BCUT2D eigenvalue weighted by Crippen LogP contribution is -2.29. The van der Waals surface area contributed by atoms with Gasteiger partial charge in [-0.15, -0.1) is 0 Å². The third-order valence-electron chi connectivity index (χ3n) is 5.26. The summed E-state index contributed by atoms with van der Waals surface area (Å²) in [5, 5.41) is 21.5. The number of hydrogen-bond donors (Lipinski definition) is 2. The number of furan rings is 1. The van der Waals surface area contributed by atoms with Crippen LogP contribution in [-0.4, -0.2) is 21.9 Å². The predicted molar refractivity (Wildman–Crippen MR) is 112 cm³/mol. The molecule has 0 spiro atoms. The van der Waals surface area contributed by atoms with Crippen LogP contribution in [0.3, 0.4) is 0 Å². The maximum absolute atomic E-state index is 13.1. The molecule has 1 atom stereocenters. The van der Waals surface area contributed by atoms with Crippen LogP contribution in [0.2, 0.25) is 0 Å². The molecule has 0 radical (unpaired) electrons. The van der Waals surface area contributed by atoms with E-state index in [-0.39, 0.29) is 22.8 Å². The lowest BCUT2D eigenvalue weighted by molar-refractivity contribution is -0.132. The highest BCUT2D eigenvalue weighted by atomic mass is 16.3. The number of aryl methyl sites for hydroxylation is 3. The third-order valence-corrected chi connectivity index (χ3v) is 5.26. The van der Waals surface area contributed by atoms with Crippen LogP contribution >= 0.6 is 0 Å². The number of aliphatic hydroxyl groups excluding tert-OH is 1. The summed E-state index contributed by atoms with van der Waals surface area (Å²) in [6.07, 6.45) is 0. The maximum Gasteiger partial charge on any atom is 0.300 e. The number of para-hydroxylation sites is 2. The lowest BCUT2D eigenvalue weighted by Gasteiger charge is -2.24. The van der Waals surface area contributed by atoms with Crippen molar-refractivity contribution in [1.82, 2.24) is 0 Å². The number of phenols is 1. The lowest BCUT2D eigenvalue weighted by atomic mass is 9.96. The highest BCUT2D eigenvalue weighted by Crippen LogP contribution is 2.45. The van der Waals surface area contributed by atoms with Crippen molar-refractivity contribution in [3.05, 3.63) is 88.4 Å². The van der Waals surface area contributed by atoms with Gasteiger partial charge >= 0.3 is 0 Å². The molecule has 1 aromatic heterocycles. The zero-order chi connectivity index (χ0) is 21.6. The number of nitrogens with zero attached hydrogens (tertiary/aromatic N) is 1.